The Morgan fingerprint density at radius 1 is 0.739 bits per heavy atom. The molecule has 0 amide bonds. The summed E-state index contributed by atoms with van der Waals surface area (Å²) in [5.74, 6) is 0. The van der Waals surface area contributed by atoms with Gasteiger partial charge in [-0.25, -0.2) is 0 Å². The molecule has 0 aromatic heterocycles. The van der Waals surface area contributed by atoms with Gasteiger partial charge in [-0.05, 0) is 23.3 Å². The predicted octanol–water partition coefficient (Wildman–Crippen LogP) is 4.56. The van der Waals surface area contributed by atoms with E-state index in [-0.39, 0.29) is 0 Å². The van der Waals surface area contributed by atoms with Gasteiger partial charge < -0.3 is 10.4 Å². The second-order valence-electron chi connectivity index (χ2n) is 5.26. The fourth-order valence-electron chi connectivity index (χ4n) is 2.37. The van der Waals surface area contributed by atoms with Gasteiger partial charge in [0.25, 0.3) is 0 Å². The first-order valence-electron chi connectivity index (χ1n) is 7.43. The number of thiocarbonyl (C=S) groups is 1. The topological polar surface area (TPSA) is 32.3 Å². The zero-order chi connectivity index (χ0) is 16.1. The van der Waals surface area contributed by atoms with Gasteiger partial charge in [-0.3, -0.25) is 0 Å². The Morgan fingerprint density at radius 2 is 1.26 bits per heavy atom. The molecule has 3 aromatic carbocycles. The molecule has 0 aliphatic rings. The smallest absolute Gasteiger partial charge is 0.110 e. The van der Waals surface area contributed by atoms with Crippen LogP contribution in [0.3, 0.4) is 0 Å². The number of benzene rings is 3. The van der Waals surface area contributed by atoms with Crippen LogP contribution >= 0.6 is 12.2 Å². The summed E-state index contributed by atoms with van der Waals surface area (Å²) < 4.78 is 0. The first kappa shape index (κ1) is 15.4. The molecular weight excluding hydrogens is 302 g/mol. The van der Waals surface area contributed by atoms with E-state index in [2.05, 4.69) is 5.32 Å². The molecule has 0 radical (unpaired) electrons. The van der Waals surface area contributed by atoms with Gasteiger partial charge in [-0.15, -0.1) is 0 Å². The minimum absolute atomic E-state index is 0.619. The van der Waals surface area contributed by atoms with Gasteiger partial charge in [0.2, 0.25) is 0 Å². The number of anilines is 1. The Kier molecular flexibility index (Phi) is 4.81. The van der Waals surface area contributed by atoms with E-state index in [1.54, 1.807) is 0 Å². The lowest BCUT2D eigenvalue weighted by molar-refractivity contribution is 0.220. The van der Waals surface area contributed by atoms with Gasteiger partial charge in [0.1, 0.15) is 11.1 Å². The minimum Gasteiger partial charge on any atom is -0.384 e. The summed E-state index contributed by atoms with van der Waals surface area (Å²) in [6.45, 7) is 0. The normalized spacial score (nSPS) is 11.7. The number of aliphatic hydroxyl groups is 1. The highest BCUT2D eigenvalue weighted by Gasteiger charge is 2.09. The van der Waals surface area contributed by atoms with Crippen molar-refractivity contribution in [2.45, 2.75) is 6.10 Å². The van der Waals surface area contributed by atoms with Crippen molar-refractivity contribution in [2.75, 3.05) is 5.32 Å². The van der Waals surface area contributed by atoms with Crippen molar-refractivity contribution in [1.82, 2.24) is 0 Å². The van der Waals surface area contributed by atoms with Gasteiger partial charge in [-0.1, -0.05) is 85.0 Å². The molecule has 0 aliphatic carbocycles. The summed E-state index contributed by atoms with van der Waals surface area (Å²) in [6, 6.07) is 27.1. The van der Waals surface area contributed by atoms with Gasteiger partial charge in [0.05, 0.1) is 0 Å². The third-order valence-corrected chi connectivity index (χ3v) is 3.97. The minimum atomic E-state index is -0.619. The molecule has 1 unspecified atom stereocenters. The molecule has 2 nitrogen and oxygen atoms in total. The van der Waals surface area contributed by atoms with Gasteiger partial charge in [0, 0.05) is 11.3 Å². The Labute approximate surface area is 141 Å². The standard InChI is InChI=1S/C20H17NOS/c22-19(15-7-3-1-4-8-15)16-11-13-18(14-12-16)21-20(23)17-9-5-2-6-10-17/h1-14,19,22H,(H,21,23). The average molecular weight is 319 g/mol. The highest BCUT2D eigenvalue weighted by atomic mass is 32.1. The zero-order valence-electron chi connectivity index (χ0n) is 12.5. The van der Waals surface area contributed by atoms with Crippen molar-refractivity contribution in [1.29, 1.82) is 0 Å². The molecule has 3 rings (SSSR count). The van der Waals surface area contributed by atoms with Crippen LogP contribution in [0.1, 0.15) is 22.8 Å². The number of rotatable bonds is 4. The molecule has 23 heavy (non-hydrogen) atoms. The molecule has 2 N–H and O–H groups in total. The average Bonchev–Trinajstić information content (AvgIpc) is 2.63. The van der Waals surface area contributed by atoms with Crippen molar-refractivity contribution in [3.05, 3.63) is 102 Å². The zero-order valence-corrected chi connectivity index (χ0v) is 13.3. The largest absolute Gasteiger partial charge is 0.384 e. The lowest BCUT2D eigenvalue weighted by atomic mass is 10.0. The molecule has 0 aliphatic heterocycles. The van der Waals surface area contributed by atoms with E-state index in [1.807, 2.05) is 84.9 Å². The molecule has 1 atom stereocenters. The summed E-state index contributed by atoms with van der Waals surface area (Å²) in [7, 11) is 0. The number of hydrogen-bond donors (Lipinski definition) is 2. The van der Waals surface area contributed by atoms with Crippen molar-refractivity contribution in [3.63, 3.8) is 0 Å². The summed E-state index contributed by atoms with van der Waals surface area (Å²) >= 11 is 5.40. The maximum absolute atomic E-state index is 10.4. The van der Waals surface area contributed by atoms with Crippen LogP contribution in [0.25, 0.3) is 0 Å². The fourth-order valence-corrected chi connectivity index (χ4v) is 2.62. The van der Waals surface area contributed by atoms with Gasteiger partial charge >= 0.3 is 0 Å². The van der Waals surface area contributed by atoms with Crippen LogP contribution in [-0.2, 0) is 0 Å². The molecule has 0 fully saturated rings. The third kappa shape index (κ3) is 3.83. The quantitative estimate of drug-likeness (QED) is 0.692. The Bertz CT molecular complexity index is 770. The molecular formula is C20H17NOS. The first-order valence-corrected chi connectivity index (χ1v) is 7.84. The van der Waals surface area contributed by atoms with Crippen LogP contribution in [-0.4, -0.2) is 10.1 Å². The second kappa shape index (κ2) is 7.18. The van der Waals surface area contributed by atoms with E-state index >= 15 is 0 Å². The van der Waals surface area contributed by atoms with Gasteiger partial charge in [-0.2, -0.15) is 0 Å². The molecule has 3 aromatic rings. The maximum Gasteiger partial charge on any atom is 0.110 e. The van der Waals surface area contributed by atoms with Crippen molar-refractivity contribution >= 4 is 22.9 Å². The van der Waals surface area contributed by atoms with Crippen molar-refractivity contribution in [3.8, 4) is 0 Å². The second-order valence-corrected chi connectivity index (χ2v) is 5.66. The predicted molar refractivity (Wildman–Crippen MR) is 98.7 cm³/mol. The van der Waals surface area contributed by atoms with E-state index in [0.717, 1.165) is 22.4 Å². The van der Waals surface area contributed by atoms with E-state index in [9.17, 15) is 5.11 Å². The Balaban J connectivity index is 1.71. The van der Waals surface area contributed by atoms with E-state index in [1.165, 1.54) is 0 Å². The SMILES string of the molecule is OC(c1ccccc1)c1ccc(NC(=S)c2ccccc2)cc1. The van der Waals surface area contributed by atoms with Crippen LogP contribution in [0.5, 0.6) is 0 Å². The highest BCUT2D eigenvalue weighted by Crippen LogP contribution is 2.23. The third-order valence-electron chi connectivity index (χ3n) is 3.64. The van der Waals surface area contributed by atoms with E-state index < -0.39 is 6.10 Å². The number of nitrogens with one attached hydrogen (secondary N) is 1. The fraction of sp³-hybridized carbons (Fsp3) is 0.0500. The van der Waals surface area contributed by atoms with Crippen molar-refractivity contribution in [2.24, 2.45) is 0 Å². The molecule has 0 saturated carbocycles. The lowest BCUT2D eigenvalue weighted by Crippen LogP contribution is -2.10. The van der Waals surface area contributed by atoms with E-state index in [4.69, 9.17) is 12.2 Å². The highest BCUT2D eigenvalue weighted by molar-refractivity contribution is 7.81. The Morgan fingerprint density at radius 3 is 1.87 bits per heavy atom. The molecule has 0 spiro atoms. The van der Waals surface area contributed by atoms with Crippen LogP contribution in [0.4, 0.5) is 5.69 Å². The Hall–Kier alpha value is -2.49. The summed E-state index contributed by atoms with van der Waals surface area (Å²) in [4.78, 5) is 0.682. The molecule has 114 valence electrons. The summed E-state index contributed by atoms with van der Waals surface area (Å²) in [5.41, 5.74) is 3.62. The van der Waals surface area contributed by atoms with Crippen molar-refractivity contribution < 1.29 is 5.11 Å². The van der Waals surface area contributed by atoms with Crippen LogP contribution in [0.15, 0.2) is 84.9 Å². The summed E-state index contributed by atoms with van der Waals surface area (Å²) in [5, 5.41) is 13.6. The number of hydrogen-bond acceptors (Lipinski definition) is 2. The summed E-state index contributed by atoms with van der Waals surface area (Å²) in [6.07, 6.45) is -0.619. The van der Waals surface area contributed by atoms with Crippen LogP contribution < -0.4 is 5.32 Å². The maximum atomic E-state index is 10.4. The molecule has 0 bridgehead atoms. The van der Waals surface area contributed by atoms with Gasteiger partial charge in [0.15, 0.2) is 0 Å². The molecule has 0 saturated heterocycles. The number of aliphatic hydroxyl groups excluding tert-OH is 1. The first-order chi connectivity index (χ1) is 11.2. The van der Waals surface area contributed by atoms with E-state index in [0.29, 0.717) is 4.99 Å². The molecule has 0 heterocycles. The van der Waals surface area contributed by atoms with Crippen LogP contribution in [0, 0.1) is 0 Å². The monoisotopic (exact) mass is 319 g/mol. The lowest BCUT2D eigenvalue weighted by Gasteiger charge is -2.13. The molecule has 3 heteroatoms. The van der Waals surface area contributed by atoms with Crippen LogP contribution in [0.2, 0.25) is 0 Å².